The maximum atomic E-state index is 13.2. The zero-order chi connectivity index (χ0) is 26.8. The molecule has 0 aliphatic carbocycles. The van der Waals surface area contributed by atoms with Gasteiger partial charge in [-0.05, 0) is 67.6 Å². The van der Waals surface area contributed by atoms with E-state index in [2.05, 4.69) is 10.4 Å². The first-order valence-corrected chi connectivity index (χ1v) is 13.6. The van der Waals surface area contributed by atoms with Crippen LogP contribution in [0.5, 0.6) is 0 Å². The van der Waals surface area contributed by atoms with Crippen LogP contribution in [-0.4, -0.2) is 50.4 Å². The Labute approximate surface area is 229 Å². The van der Waals surface area contributed by atoms with Crippen molar-refractivity contribution in [3.63, 3.8) is 0 Å². The van der Waals surface area contributed by atoms with Crippen molar-refractivity contribution in [3.05, 3.63) is 81.4 Å². The van der Waals surface area contributed by atoms with Crippen molar-refractivity contribution < 1.29 is 14.4 Å². The minimum absolute atomic E-state index is 0.0105. The SMILES string of the molecule is CC(C(=O)Nc1ccc(C2CCN(C(=O)c3cc(-c4ccnn4C)c(Cl)s3)CC2)cc1)n1cccc1C=O. The number of nitrogens with zero attached hydrogens (tertiary/aromatic N) is 4. The summed E-state index contributed by atoms with van der Waals surface area (Å²) in [6.45, 7) is 3.10. The van der Waals surface area contributed by atoms with Gasteiger partial charge in [0.15, 0.2) is 6.29 Å². The van der Waals surface area contributed by atoms with E-state index in [1.807, 2.05) is 48.3 Å². The summed E-state index contributed by atoms with van der Waals surface area (Å²) in [5.41, 5.74) is 4.07. The summed E-state index contributed by atoms with van der Waals surface area (Å²) in [7, 11) is 1.85. The number of benzene rings is 1. The number of halogens is 1. The summed E-state index contributed by atoms with van der Waals surface area (Å²) in [6.07, 6.45) is 5.91. The van der Waals surface area contributed by atoms with Crippen LogP contribution in [0, 0.1) is 0 Å². The van der Waals surface area contributed by atoms with Crippen molar-refractivity contribution in [1.29, 1.82) is 0 Å². The Morgan fingerprint density at radius 2 is 1.89 bits per heavy atom. The number of carbonyl (C=O) groups is 3. The summed E-state index contributed by atoms with van der Waals surface area (Å²) >= 11 is 7.77. The van der Waals surface area contributed by atoms with Gasteiger partial charge in [-0.3, -0.25) is 19.1 Å². The van der Waals surface area contributed by atoms with E-state index in [1.165, 1.54) is 16.9 Å². The summed E-state index contributed by atoms with van der Waals surface area (Å²) < 4.78 is 3.98. The second-order valence-electron chi connectivity index (χ2n) is 9.45. The topological polar surface area (TPSA) is 89.2 Å². The Balaban J connectivity index is 1.17. The average molecular weight is 550 g/mol. The van der Waals surface area contributed by atoms with Gasteiger partial charge < -0.3 is 14.8 Å². The van der Waals surface area contributed by atoms with E-state index in [1.54, 1.807) is 40.7 Å². The number of carbonyl (C=O) groups excluding carboxylic acids is 3. The number of piperidine rings is 1. The molecule has 1 aliphatic heterocycles. The minimum Gasteiger partial charge on any atom is -0.338 e. The molecule has 4 heterocycles. The van der Waals surface area contributed by atoms with Crippen LogP contribution in [0.25, 0.3) is 11.3 Å². The predicted octanol–water partition coefficient (Wildman–Crippen LogP) is 5.64. The van der Waals surface area contributed by atoms with Crippen LogP contribution < -0.4 is 5.32 Å². The third-order valence-corrected chi connectivity index (χ3v) is 8.50. The van der Waals surface area contributed by atoms with Crippen LogP contribution >= 0.6 is 22.9 Å². The molecule has 38 heavy (non-hydrogen) atoms. The summed E-state index contributed by atoms with van der Waals surface area (Å²) in [6, 6.07) is 14.5. The number of aryl methyl sites for hydroxylation is 1. The number of likely N-dealkylation sites (tertiary alicyclic amines) is 1. The van der Waals surface area contributed by atoms with Gasteiger partial charge in [0, 0.05) is 43.8 Å². The summed E-state index contributed by atoms with van der Waals surface area (Å²) in [5, 5.41) is 7.12. The predicted molar refractivity (Wildman–Crippen MR) is 149 cm³/mol. The van der Waals surface area contributed by atoms with Gasteiger partial charge in [0.25, 0.3) is 5.91 Å². The molecular formula is C28H28ClN5O3S. The van der Waals surface area contributed by atoms with Crippen molar-refractivity contribution >= 4 is 46.7 Å². The van der Waals surface area contributed by atoms with Crippen LogP contribution in [0.1, 0.15) is 57.4 Å². The lowest BCUT2D eigenvalue weighted by atomic mass is 9.89. The van der Waals surface area contributed by atoms with Gasteiger partial charge in [-0.1, -0.05) is 23.7 Å². The largest absolute Gasteiger partial charge is 0.338 e. The second-order valence-corrected chi connectivity index (χ2v) is 11.1. The number of aromatic nitrogens is 3. The van der Waals surface area contributed by atoms with Crippen molar-refractivity contribution in [2.75, 3.05) is 18.4 Å². The monoisotopic (exact) mass is 549 g/mol. The fourth-order valence-electron chi connectivity index (χ4n) is 4.93. The molecule has 0 saturated carbocycles. The highest BCUT2D eigenvalue weighted by Crippen LogP contribution is 2.37. The zero-order valence-corrected chi connectivity index (χ0v) is 22.7. The number of rotatable bonds is 7. The Morgan fingerprint density at radius 1 is 1.16 bits per heavy atom. The number of hydrogen-bond acceptors (Lipinski definition) is 5. The number of thiophene rings is 1. The van der Waals surface area contributed by atoms with Crippen molar-refractivity contribution in [1.82, 2.24) is 19.2 Å². The van der Waals surface area contributed by atoms with E-state index in [9.17, 15) is 14.4 Å². The number of amides is 2. The van der Waals surface area contributed by atoms with E-state index < -0.39 is 6.04 Å². The van der Waals surface area contributed by atoms with E-state index in [0.717, 1.165) is 30.4 Å². The molecular weight excluding hydrogens is 522 g/mol. The smallest absolute Gasteiger partial charge is 0.263 e. The number of aldehydes is 1. The lowest BCUT2D eigenvalue weighted by molar-refractivity contribution is -0.118. The first kappa shape index (κ1) is 25.9. The number of anilines is 1. The molecule has 1 aromatic carbocycles. The molecule has 1 unspecified atom stereocenters. The molecule has 4 aromatic rings. The molecule has 3 aromatic heterocycles. The lowest BCUT2D eigenvalue weighted by Gasteiger charge is -2.32. The molecule has 5 rings (SSSR count). The van der Waals surface area contributed by atoms with Gasteiger partial charge in [0.05, 0.1) is 16.3 Å². The highest BCUT2D eigenvalue weighted by molar-refractivity contribution is 7.18. The van der Waals surface area contributed by atoms with E-state index >= 15 is 0 Å². The van der Waals surface area contributed by atoms with Crippen LogP contribution in [0.3, 0.4) is 0 Å². The van der Waals surface area contributed by atoms with Gasteiger partial charge in [-0.25, -0.2) is 0 Å². The quantitative estimate of drug-likeness (QED) is 0.302. The molecule has 0 bridgehead atoms. The highest BCUT2D eigenvalue weighted by Gasteiger charge is 2.27. The van der Waals surface area contributed by atoms with Gasteiger partial charge in [0.2, 0.25) is 5.91 Å². The standard InChI is InChI=1S/C28H28ClN5O3S/c1-18(34-13-3-4-22(34)17-35)27(36)31-21-7-5-19(6-8-21)20-10-14-33(15-11-20)28(37)25-16-23(26(29)38-25)24-9-12-30-32(24)2/h3-9,12-13,16-18,20H,10-11,14-15H2,1-2H3,(H,31,36). The van der Waals surface area contributed by atoms with Gasteiger partial charge in [0.1, 0.15) is 10.4 Å². The van der Waals surface area contributed by atoms with Crippen molar-refractivity contribution in [2.45, 2.75) is 31.7 Å². The van der Waals surface area contributed by atoms with Gasteiger partial charge >= 0.3 is 0 Å². The Kier molecular flexibility index (Phi) is 7.49. The average Bonchev–Trinajstić information content (AvgIpc) is 3.68. The van der Waals surface area contributed by atoms with Crippen molar-refractivity contribution in [2.24, 2.45) is 7.05 Å². The minimum atomic E-state index is -0.509. The third-order valence-electron chi connectivity index (χ3n) is 7.16. The van der Waals surface area contributed by atoms with E-state index in [4.69, 9.17) is 11.6 Å². The van der Waals surface area contributed by atoms with Gasteiger partial charge in [-0.2, -0.15) is 5.10 Å². The third kappa shape index (κ3) is 5.16. The number of hydrogen-bond donors (Lipinski definition) is 1. The molecule has 10 heteroatoms. The molecule has 8 nitrogen and oxygen atoms in total. The fourth-order valence-corrected chi connectivity index (χ4v) is 6.19. The maximum absolute atomic E-state index is 13.2. The molecule has 2 amide bonds. The summed E-state index contributed by atoms with van der Waals surface area (Å²) in [5.74, 6) is 0.162. The van der Waals surface area contributed by atoms with Gasteiger partial charge in [-0.15, -0.1) is 11.3 Å². The van der Waals surface area contributed by atoms with Crippen LogP contribution in [-0.2, 0) is 11.8 Å². The first-order valence-electron chi connectivity index (χ1n) is 12.5. The molecule has 1 atom stereocenters. The Morgan fingerprint density at radius 3 is 2.55 bits per heavy atom. The lowest BCUT2D eigenvalue weighted by Crippen LogP contribution is -2.37. The molecule has 0 spiro atoms. The molecule has 0 radical (unpaired) electrons. The zero-order valence-electron chi connectivity index (χ0n) is 21.1. The second kappa shape index (κ2) is 11.0. The Bertz CT molecular complexity index is 1460. The first-order chi connectivity index (χ1) is 18.4. The van der Waals surface area contributed by atoms with Crippen LogP contribution in [0.15, 0.2) is 60.9 Å². The highest BCUT2D eigenvalue weighted by atomic mass is 35.5. The Hall–Kier alpha value is -3.69. The number of nitrogens with one attached hydrogen (secondary N) is 1. The summed E-state index contributed by atoms with van der Waals surface area (Å²) in [4.78, 5) is 39.6. The normalized spacial score (nSPS) is 14.9. The molecule has 1 aliphatic rings. The van der Waals surface area contributed by atoms with Crippen molar-refractivity contribution in [3.8, 4) is 11.3 Å². The molecule has 1 fully saturated rings. The molecule has 1 N–H and O–H groups in total. The van der Waals surface area contributed by atoms with E-state index in [0.29, 0.717) is 39.6 Å². The van der Waals surface area contributed by atoms with Crippen LogP contribution in [0.4, 0.5) is 5.69 Å². The van der Waals surface area contributed by atoms with Crippen LogP contribution in [0.2, 0.25) is 4.34 Å². The molecule has 196 valence electrons. The van der Waals surface area contributed by atoms with E-state index in [-0.39, 0.29) is 11.8 Å². The molecule has 1 saturated heterocycles. The maximum Gasteiger partial charge on any atom is 0.263 e. The fraction of sp³-hybridized carbons (Fsp3) is 0.286.